The average molecular weight is 436 g/mol. The molecule has 0 aliphatic carbocycles. The number of carbonyl (C=O) groups excluding carboxylic acids is 1. The number of rotatable bonds is 17. The molecular weight excluding hydrogens is 388 g/mol. The number of hydrogen-bond donors (Lipinski definition) is 2. The van der Waals surface area contributed by atoms with Crippen molar-refractivity contribution in [3.05, 3.63) is 12.2 Å². The summed E-state index contributed by atoms with van der Waals surface area (Å²) in [6.07, 6.45) is 24.3. The van der Waals surface area contributed by atoms with Gasteiger partial charge >= 0.3 is 0 Å². The van der Waals surface area contributed by atoms with Crippen LogP contribution in [0.2, 0.25) is 0 Å². The molecule has 0 aromatic heterocycles. The van der Waals surface area contributed by atoms with Crippen LogP contribution in [-0.4, -0.2) is 12.5 Å². The van der Waals surface area contributed by atoms with E-state index in [1.54, 1.807) is 0 Å². The monoisotopic (exact) mass is 434 g/mol. The van der Waals surface area contributed by atoms with Crippen LogP contribution in [0.25, 0.3) is 0 Å². The van der Waals surface area contributed by atoms with Gasteiger partial charge in [-0.15, -0.1) is 17.0 Å². The van der Waals surface area contributed by atoms with Crippen molar-refractivity contribution in [2.24, 2.45) is 11.5 Å². The van der Waals surface area contributed by atoms with E-state index >= 15 is 0 Å². The van der Waals surface area contributed by atoms with Crippen molar-refractivity contribution < 1.29 is 4.79 Å². The molecule has 4 N–H and O–H groups in total. The summed E-state index contributed by atoms with van der Waals surface area (Å²) < 4.78 is 0. The van der Waals surface area contributed by atoms with Crippen LogP contribution in [0, 0.1) is 0 Å². The van der Waals surface area contributed by atoms with Crippen LogP contribution in [0.1, 0.15) is 117 Å². The van der Waals surface area contributed by atoms with Gasteiger partial charge in [-0.3, -0.25) is 4.79 Å². The van der Waals surface area contributed by atoms with Crippen LogP contribution >= 0.6 is 17.0 Å². The molecule has 1 amide bonds. The highest BCUT2D eigenvalue weighted by Crippen LogP contribution is 2.09. The summed E-state index contributed by atoms with van der Waals surface area (Å²) >= 11 is 0. The molecule has 0 saturated carbocycles. The Balaban J connectivity index is -0.000000772. The van der Waals surface area contributed by atoms with Gasteiger partial charge in [-0.05, 0) is 45.1 Å². The van der Waals surface area contributed by atoms with Crippen molar-refractivity contribution in [3.63, 3.8) is 0 Å². The first kappa shape index (κ1) is 30.4. The van der Waals surface area contributed by atoms with Gasteiger partial charge in [-0.2, -0.15) is 0 Å². The summed E-state index contributed by atoms with van der Waals surface area (Å²) in [5, 5.41) is 0. The van der Waals surface area contributed by atoms with E-state index in [0.717, 1.165) is 19.4 Å². The second-order valence-electron chi connectivity index (χ2n) is 6.94. The molecule has 3 nitrogen and oxygen atoms in total. The molecule has 0 spiro atoms. The normalized spacial score (nSPS) is 10.3. The lowest BCUT2D eigenvalue weighted by molar-refractivity contribution is -0.118. The molecule has 0 atom stereocenters. The molecule has 0 aliphatic rings. The molecule has 0 bridgehead atoms. The summed E-state index contributed by atoms with van der Waals surface area (Å²) in [6, 6.07) is 0. The lowest BCUT2D eigenvalue weighted by Crippen LogP contribution is -2.09. The molecule has 0 unspecified atom stereocenters. The topological polar surface area (TPSA) is 69.1 Å². The highest BCUT2D eigenvalue weighted by molar-refractivity contribution is 8.93. The SMILES string of the molecule is Br.CCCCCCCC/C=C\CCCCCCCC(N)=O.CCCCN. The number of amides is 1. The van der Waals surface area contributed by atoms with Gasteiger partial charge in [-0.1, -0.05) is 83.8 Å². The maximum Gasteiger partial charge on any atom is 0.217 e. The Morgan fingerprint density at radius 1 is 0.692 bits per heavy atom. The summed E-state index contributed by atoms with van der Waals surface area (Å²) in [5.74, 6) is -0.164. The predicted octanol–water partition coefficient (Wildman–Crippen LogP) is 6.83. The zero-order valence-electron chi connectivity index (χ0n) is 17.6. The van der Waals surface area contributed by atoms with Gasteiger partial charge in [0.2, 0.25) is 5.91 Å². The maximum absolute atomic E-state index is 10.5. The first-order chi connectivity index (χ1) is 12.2. The first-order valence-corrected chi connectivity index (χ1v) is 10.8. The largest absolute Gasteiger partial charge is 0.370 e. The lowest BCUT2D eigenvalue weighted by atomic mass is 10.1. The molecule has 0 aliphatic heterocycles. The van der Waals surface area contributed by atoms with E-state index in [2.05, 4.69) is 26.0 Å². The molecule has 26 heavy (non-hydrogen) atoms. The standard InChI is InChI=1S/C18H35NO.C4H11N.BrH/c1-2-3-4-5-6-7-8-9-10-11-12-13-14-15-16-17-18(19)20;1-2-3-4-5;/h9-10H,2-8,11-17H2,1H3,(H2,19,20);2-5H2,1H3;1H/b10-9-;;. The van der Waals surface area contributed by atoms with E-state index in [9.17, 15) is 4.79 Å². The minimum absolute atomic E-state index is 0. The van der Waals surface area contributed by atoms with Crippen molar-refractivity contribution in [3.8, 4) is 0 Å². The zero-order chi connectivity index (χ0) is 19.0. The van der Waals surface area contributed by atoms with E-state index in [0.29, 0.717) is 6.42 Å². The van der Waals surface area contributed by atoms with E-state index in [-0.39, 0.29) is 22.9 Å². The molecule has 0 aromatic rings. The predicted molar refractivity (Wildman–Crippen MR) is 123 cm³/mol. The van der Waals surface area contributed by atoms with Gasteiger partial charge in [0.25, 0.3) is 0 Å². The fourth-order valence-corrected chi connectivity index (χ4v) is 2.57. The van der Waals surface area contributed by atoms with E-state index in [1.165, 1.54) is 83.5 Å². The van der Waals surface area contributed by atoms with Gasteiger partial charge in [0, 0.05) is 6.42 Å². The number of allylic oxidation sites excluding steroid dienone is 2. The number of nitrogens with two attached hydrogens (primary N) is 2. The summed E-state index contributed by atoms with van der Waals surface area (Å²) in [4.78, 5) is 10.5. The summed E-state index contributed by atoms with van der Waals surface area (Å²) in [5.41, 5.74) is 10.2. The van der Waals surface area contributed by atoms with Gasteiger partial charge in [0.1, 0.15) is 0 Å². The highest BCUT2D eigenvalue weighted by Gasteiger charge is 1.94. The van der Waals surface area contributed by atoms with Crippen LogP contribution in [0.5, 0.6) is 0 Å². The van der Waals surface area contributed by atoms with Gasteiger partial charge in [0.05, 0.1) is 0 Å². The number of primary amides is 1. The van der Waals surface area contributed by atoms with Crippen molar-refractivity contribution >= 4 is 22.9 Å². The minimum atomic E-state index is -0.164. The fourth-order valence-electron chi connectivity index (χ4n) is 2.57. The Morgan fingerprint density at radius 2 is 1.12 bits per heavy atom. The Morgan fingerprint density at radius 3 is 1.50 bits per heavy atom. The molecule has 0 aromatic carbocycles. The molecular formula is C22H47BrN2O. The van der Waals surface area contributed by atoms with Crippen molar-refractivity contribution in [1.29, 1.82) is 0 Å². The number of carbonyl (C=O) groups is 1. The molecule has 4 heteroatoms. The Labute approximate surface area is 174 Å². The van der Waals surface area contributed by atoms with E-state index in [1.807, 2.05) is 0 Å². The zero-order valence-corrected chi connectivity index (χ0v) is 19.4. The number of unbranched alkanes of at least 4 members (excludes halogenated alkanes) is 12. The maximum atomic E-state index is 10.5. The quantitative estimate of drug-likeness (QED) is 0.194. The smallest absolute Gasteiger partial charge is 0.217 e. The van der Waals surface area contributed by atoms with E-state index < -0.39 is 0 Å². The van der Waals surface area contributed by atoms with Crippen molar-refractivity contribution in [2.75, 3.05) is 6.54 Å². The van der Waals surface area contributed by atoms with Crippen LogP contribution in [0.3, 0.4) is 0 Å². The average Bonchev–Trinajstić information content (AvgIpc) is 2.59. The Kier molecular flexibility index (Phi) is 34.4. The Bertz CT molecular complexity index is 281. The molecule has 0 rings (SSSR count). The van der Waals surface area contributed by atoms with Crippen molar-refractivity contribution in [2.45, 2.75) is 117 Å². The minimum Gasteiger partial charge on any atom is -0.370 e. The molecule has 0 fully saturated rings. The van der Waals surface area contributed by atoms with Gasteiger partial charge in [-0.25, -0.2) is 0 Å². The third-order valence-electron chi connectivity index (χ3n) is 4.24. The molecule has 0 heterocycles. The summed E-state index contributed by atoms with van der Waals surface area (Å²) in [6.45, 7) is 5.24. The lowest BCUT2D eigenvalue weighted by Gasteiger charge is -1.99. The van der Waals surface area contributed by atoms with Gasteiger partial charge < -0.3 is 11.5 Å². The second kappa shape index (κ2) is 29.4. The Hall–Kier alpha value is -0.350. The van der Waals surface area contributed by atoms with Crippen molar-refractivity contribution in [1.82, 2.24) is 0 Å². The van der Waals surface area contributed by atoms with Crippen LogP contribution in [0.15, 0.2) is 12.2 Å². The second-order valence-corrected chi connectivity index (χ2v) is 6.94. The molecule has 0 saturated heterocycles. The number of halogens is 1. The summed E-state index contributed by atoms with van der Waals surface area (Å²) in [7, 11) is 0. The van der Waals surface area contributed by atoms with Gasteiger partial charge in [0.15, 0.2) is 0 Å². The van der Waals surface area contributed by atoms with Crippen LogP contribution in [0.4, 0.5) is 0 Å². The molecule has 158 valence electrons. The third-order valence-corrected chi connectivity index (χ3v) is 4.24. The molecule has 0 radical (unpaired) electrons. The van der Waals surface area contributed by atoms with Crippen LogP contribution < -0.4 is 11.5 Å². The highest BCUT2D eigenvalue weighted by atomic mass is 79.9. The number of hydrogen-bond acceptors (Lipinski definition) is 2. The van der Waals surface area contributed by atoms with E-state index in [4.69, 9.17) is 11.5 Å². The first-order valence-electron chi connectivity index (χ1n) is 10.8. The third kappa shape index (κ3) is 34.9. The van der Waals surface area contributed by atoms with Crippen LogP contribution in [-0.2, 0) is 4.79 Å². The fraction of sp³-hybridized carbons (Fsp3) is 0.864.